The maximum absolute atomic E-state index is 12.3. The molecule has 8 heteroatoms. The minimum absolute atomic E-state index is 0.0699. The number of halogens is 1. The van der Waals surface area contributed by atoms with Gasteiger partial charge < -0.3 is 14.7 Å². The predicted molar refractivity (Wildman–Crippen MR) is 79.4 cm³/mol. The summed E-state index contributed by atoms with van der Waals surface area (Å²) >= 11 is 7.34. The Morgan fingerprint density at radius 2 is 2.48 bits per heavy atom. The molecule has 3 rings (SSSR count). The Balaban J connectivity index is 1.66. The number of carbonyl (C=O) groups excluding carboxylic acids is 1. The first-order chi connectivity index (χ1) is 10.1. The normalized spacial score (nSPS) is 18.1. The fraction of sp³-hybridized carbons (Fsp3) is 0.462. The highest BCUT2D eigenvalue weighted by Gasteiger charge is 2.25. The summed E-state index contributed by atoms with van der Waals surface area (Å²) in [6.07, 6.45) is 2.04. The van der Waals surface area contributed by atoms with Crippen molar-refractivity contribution >= 4 is 28.8 Å². The van der Waals surface area contributed by atoms with Crippen LogP contribution >= 0.6 is 22.9 Å². The van der Waals surface area contributed by atoms with Crippen molar-refractivity contribution in [1.82, 2.24) is 20.4 Å². The number of hydrogen-bond acceptors (Lipinski definition) is 6. The molecular weight excluding hydrogens is 312 g/mol. The van der Waals surface area contributed by atoms with Crippen molar-refractivity contribution in [2.24, 2.45) is 0 Å². The second-order valence-corrected chi connectivity index (χ2v) is 6.77. The third kappa shape index (κ3) is 3.25. The number of hydrogen-bond donors (Lipinski definition) is 1. The average molecular weight is 327 g/mol. The molecule has 0 bridgehead atoms. The molecule has 1 amide bonds. The summed E-state index contributed by atoms with van der Waals surface area (Å²) in [5.41, 5.74) is 0. The lowest BCUT2D eigenvalue weighted by Gasteiger charge is -2.13. The van der Waals surface area contributed by atoms with Crippen LogP contribution in [0, 0.1) is 0 Å². The molecule has 21 heavy (non-hydrogen) atoms. The van der Waals surface area contributed by atoms with Gasteiger partial charge in [0.2, 0.25) is 5.89 Å². The first-order valence-electron chi connectivity index (χ1n) is 6.70. The Morgan fingerprint density at radius 3 is 3.14 bits per heavy atom. The van der Waals surface area contributed by atoms with Gasteiger partial charge in [0.1, 0.15) is 0 Å². The van der Waals surface area contributed by atoms with E-state index in [0.29, 0.717) is 16.8 Å². The van der Waals surface area contributed by atoms with Gasteiger partial charge in [0, 0.05) is 11.9 Å². The van der Waals surface area contributed by atoms with Gasteiger partial charge in [0.15, 0.2) is 0 Å². The van der Waals surface area contributed by atoms with E-state index in [0.717, 1.165) is 24.3 Å². The van der Waals surface area contributed by atoms with Crippen LogP contribution in [0.3, 0.4) is 0 Å². The highest BCUT2D eigenvalue weighted by Crippen LogP contribution is 2.23. The van der Waals surface area contributed by atoms with E-state index in [1.807, 2.05) is 12.1 Å². The molecule has 3 heterocycles. The second-order valence-electron chi connectivity index (χ2n) is 4.97. The van der Waals surface area contributed by atoms with Crippen molar-refractivity contribution in [3.05, 3.63) is 33.1 Å². The van der Waals surface area contributed by atoms with Crippen molar-refractivity contribution in [2.75, 3.05) is 13.6 Å². The van der Waals surface area contributed by atoms with Crippen LogP contribution in [0.4, 0.5) is 0 Å². The van der Waals surface area contributed by atoms with Gasteiger partial charge in [0.25, 0.3) is 11.7 Å². The number of amides is 1. The number of carbonyl (C=O) groups is 1. The van der Waals surface area contributed by atoms with E-state index >= 15 is 0 Å². The van der Waals surface area contributed by atoms with E-state index in [1.165, 1.54) is 11.3 Å². The van der Waals surface area contributed by atoms with Gasteiger partial charge in [-0.15, -0.1) is 11.3 Å². The van der Waals surface area contributed by atoms with Gasteiger partial charge in [-0.2, -0.15) is 4.98 Å². The smallest absolute Gasteiger partial charge is 0.295 e. The minimum Gasteiger partial charge on any atom is -0.337 e. The summed E-state index contributed by atoms with van der Waals surface area (Å²) in [6.45, 7) is 1.41. The SMILES string of the molecule is CN(Cc1ccc(Cl)s1)C(=O)c1noc(C2CCCN2)n1. The Labute approximate surface area is 131 Å². The molecule has 0 aromatic carbocycles. The lowest BCUT2D eigenvalue weighted by atomic mass is 10.2. The van der Waals surface area contributed by atoms with E-state index in [-0.39, 0.29) is 17.8 Å². The average Bonchev–Trinajstić information content (AvgIpc) is 3.18. The summed E-state index contributed by atoms with van der Waals surface area (Å²) in [6, 6.07) is 3.79. The van der Waals surface area contributed by atoms with Crippen molar-refractivity contribution in [2.45, 2.75) is 25.4 Å². The van der Waals surface area contributed by atoms with Crippen LogP contribution in [0.5, 0.6) is 0 Å². The Morgan fingerprint density at radius 1 is 1.62 bits per heavy atom. The quantitative estimate of drug-likeness (QED) is 0.934. The van der Waals surface area contributed by atoms with Crippen LogP contribution in [-0.4, -0.2) is 34.5 Å². The van der Waals surface area contributed by atoms with Crippen LogP contribution in [0.1, 0.15) is 40.3 Å². The van der Waals surface area contributed by atoms with Crippen LogP contribution < -0.4 is 5.32 Å². The minimum atomic E-state index is -0.257. The van der Waals surface area contributed by atoms with Gasteiger partial charge in [-0.3, -0.25) is 4.79 Å². The van der Waals surface area contributed by atoms with E-state index in [4.69, 9.17) is 16.1 Å². The Hall–Kier alpha value is -1.44. The number of rotatable bonds is 4. The highest BCUT2D eigenvalue weighted by atomic mass is 35.5. The highest BCUT2D eigenvalue weighted by molar-refractivity contribution is 7.16. The van der Waals surface area contributed by atoms with Gasteiger partial charge >= 0.3 is 0 Å². The van der Waals surface area contributed by atoms with Crippen LogP contribution in [0.25, 0.3) is 0 Å². The molecule has 0 spiro atoms. The standard InChI is InChI=1S/C13H15ClN4O2S/c1-18(7-8-4-5-10(14)21-8)13(19)11-16-12(20-17-11)9-3-2-6-15-9/h4-5,9,15H,2-3,6-7H2,1H3. The molecule has 1 aliphatic heterocycles. The zero-order chi connectivity index (χ0) is 14.8. The first-order valence-corrected chi connectivity index (χ1v) is 7.89. The topological polar surface area (TPSA) is 71.3 Å². The molecule has 0 saturated carbocycles. The fourth-order valence-corrected chi connectivity index (χ4v) is 3.41. The molecule has 1 saturated heterocycles. The molecule has 1 N–H and O–H groups in total. The van der Waals surface area contributed by atoms with Gasteiger partial charge in [-0.1, -0.05) is 16.8 Å². The van der Waals surface area contributed by atoms with Crippen molar-refractivity contribution in [3.63, 3.8) is 0 Å². The Bertz CT molecular complexity index is 636. The van der Waals surface area contributed by atoms with Gasteiger partial charge in [-0.25, -0.2) is 0 Å². The molecule has 1 unspecified atom stereocenters. The van der Waals surface area contributed by atoms with Gasteiger partial charge in [0.05, 0.1) is 16.9 Å². The summed E-state index contributed by atoms with van der Waals surface area (Å²) in [4.78, 5) is 19.0. The molecular formula is C13H15ClN4O2S. The summed E-state index contributed by atoms with van der Waals surface area (Å²) in [5.74, 6) is 0.333. The third-order valence-electron chi connectivity index (χ3n) is 3.36. The van der Waals surface area contributed by atoms with Gasteiger partial charge in [-0.05, 0) is 31.5 Å². The molecule has 6 nitrogen and oxygen atoms in total. The van der Waals surface area contributed by atoms with E-state index in [2.05, 4.69) is 15.5 Å². The zero-order valence-corrected chi connectivity index (χ0v) is 13.1. The zero-order valence-electron chi connectivity index (χ0n) is 11.5. The monoisotopic (exact) mass is 326 g/mol. The Kier molecular flexibility index (Phi) is 4.23. The second kappa shape index (κ2) is 6.13. The van der Waals surface area contributed by atoms with E-state index in [1.54, 1.807) is 11.9 Å². The predicted octanol–water partition coefficient (Wildman–Crippen LogP) is 2.48. The number of nitrogens with one attached hydrogen (secondary N) is 1. The number of nitrogens with zero attached hydrogens (tertiary/aromatic N) is 3. The fourth-order valence-electron chi connectivity index (χ4n) is 2.27. The third-order valence-corrected chi connectivity index (χ3v) is 4.58. The largest absolute Gasteiger partial charge is 0.337 e. The van der Waals surface area contributed by atoms with E-state index < -0.39 is 0 Å². The molecule has 0 aliphatic carbocycles. The maximum Gasteiger partial charge on any atom is 0.295 e. The number of aromatic nitrogens is 2. The summed E-state index contributed by atoms with van der Waals surface area (Å²) in [7, 11) is 1.71. The molecule has 0 radical (unpaired) electrons. The first kappa shape index (κ1) is 14.5. The lowest BCUT2D eigenvalue weighted by molar-refractivity contribution is 0.0771. The van der Waals surface area contributed by atoms with Crippen molar-refractivity contribution < 1.29 is 9.32 Å². The van der Waals surface area contributed by atoms with Crippen LogP contribution in [0.2, 0.25) is 4.34 Å². The molecule has 112 valence electrons. The molecule has 1 aliphatic rings. The number of thiophene rings is 1. The molecule has 1 fully saturated rings. The van der Waals surface area contributed by atoms with Crippen LogP contribution in [-0.2, 0) is 6.54 Å². The maximum atomic E-state index is 12.3. The molecule has 2 aromatic rings. The van der Waals surface area contributed by atoms with Crippen molar-refractivity contribution in [1.29, 1.82) is 0 Å². The molecule has 2 aromatic heterocycles. The van der Waals surface area contributed by atoms with Crippen molar-refractivity contribution in [3.8, 4) is 0 Å². The van der Waals surface area contributed by atoms with E-state index in [9.17, 15) is 4.79 Å². The summed E-state index contributed by atoms with van der Waals surface area (Å²) < 4.78 is 5.89. The lowest BCUT2D eigenvalue weighted by Crippen LogP contribution is -2.27. The molecule has 1 atom stereocenters. The van der Waals surface area contributed by atoms with Crippen LogP contribution in [0.15, 0.2) is 16.7 Å². The summed E-state index contributed by atoms with van der Waals surface area (Å²) in [5, 5.41) is 7.05.